The smallest absolute Gasteiger partial charge is 0.303 e. The Balaban J connectivity index is 2.62. The molecular weight excluding hydrogens is 250 g/mol. The molecule has 1 aromatic rings. The predicted molar refractivity (Wildman–Crippen MR) is 68.2 cm³/mol. The first-order valence-electron chi connectivity index (χ1n) is 5.85. The summed E-state index contributed by atoms with van der Waals surface area (Å²) in [5, 5.41) is 11.0. The molecule has 1 heterocycles. The van der Waals surface area contributed by atoms with Gasteiger partial charge in [0.05, 0.1) is 18.5 Å². The van der Waals surface area contributed by atoms with Crippen molar-refractivity contribution in [3.05, 3.63) is 11.4 Å². The number of aryl methyl sites for hydroxylation is 2. The zero-order valence-corrected chi connectivity index (χ0v) is 11.2. The lowest BCUT2D eigenvalue weighted by Gasteiger charge is -2.09. The van der Waals surface area contributed by atoms with Crippen LogP contribution < -0.4 is 10.1 Å². The van der Waals surface area contributed by atoms with E-state index >= 15 is 0 Å². The number of nitrogens with one attached hydrogen (secondary N) is 1. The van der Waals surface area contributed by atoms with E-state index in [0.717, 1.165) is 0 Å². The van der Waals surface area contributed by atoms with Gasteiger partial charge in [0.2, 0.25) is 11.9 Å². The Labute approximate surface area is 111 Å². The molecule has 0 radical (unpaired) electrons. The number of nitrogens with zero attached hydrogens (tertiary/aromatic N) is 2. The SMILES string of the molecule is COc1c(C)nc(NC(=O)CCCC(=O)O)nc1C. The minimum absolute atomic E-state index is 0.0328. The Morgan fingerprint density at radius 1 is 1.21 bits per heavy atom. The van der Waals surface area contributed by atoms with E-state index in [-0.39, 0.29) is 31.1 Å². The summed E-state index contributed by atoms with van der Waals surface area (Å²) in [6.45, 7) is 3.52. The maximum Gasteiger partial charge on any atom is 0.303 e. The number of amides is 1. The number of methoxy groups -OCH3 is 1. The van der Waals surface area contributed by atoms with E-state index in [2.05, 4.69) is 15.3 Å². The molecule has 19 heavy (non-hydrogen) atoms. The van der Waals surface area contributed by atoms with Crippen molar-refractivity contribution < 1.29 is 19.4 Å². The summed E-state index contributed by atoms with van der Waals surface area (Å²) in [6.07, 6.45) is 0.379. The first kappa shape index (κ1) is 14.9. The fourth-order valence-corrected chi connectivity index (χ4v) is 1.64. The molecule has 0 unspecified atom stereocenters. The summed E-state index contributed by atoms with van der Waals surface area (Å²) in [4.78, 5) is 30.1. The summed E-state index contributed by atoms with van der Waals surface area (Å²) >= 11 is 0. The van der Waals surface area contributed by atoms with Gasteiger partial charge in [0, 0.05) is 12.8 Å². The number of rotatable bonds is 6. The molecule has 0 saturated heterocycles. The number of hydrogen-bond donors (Lipinski definition) is 2. The van der Waals surface area contributed by atoms with Crippen molar-refractivity contribution in [2.45, 2.75) is 33.1 Å². The van der Waals surface area contributed by atoms with Gasteiger partial charge >= 0.3 is 5.97 Å². The van der Waals surface area contributed by atoms with Crippen molar-refractivity contribution >= 4 is 17.8 Å². The molecule has 0 aliphatic rings. The molecule has 1 amide bonds. The van der Waals surface area contributed by atoms with Gasteiger partial charge in [-0.25, -0.2) is 9.97 Å². The first-order valence-corrected chi connectivity index (χ1v) is 5.85. The molecule has 1 rings (SSSR count). The van der Waals surface area contributed by atoms with E-state index in [9.17, 15) is 9.59 Å². The molecule has 7 heteroatoms. The van der Waals surface area contributed by atoms with Crippen LogP contribution in [0.25, 0.3) is 0 Å². The van der Waals surface area contributed by atoms with Crippen LogP contribution in [0.1, 0.15) is 30.7 Å². The lowest BCUT2D eigenvalue weighted by Crippen LogP contribution is -2.15. The van der Waals surface area contributed by atoms with Gasteiger partial charge in [0.25, 0.3) is 0 Å². The minimum Gasteiger partial charge on any atom is -0.493 e. The molecule has 0 spiro atoms. The summed E-state index contributed by atoms with van der Waals surface area (Å²) in [5.74, 6) is -0.426. The Morgan fingerprint density at radius 2 is 1.79 bits per heavy atom. The second-order valence-electron chi connectivity index (χ2n) is 4.05. The van der Waals surface area contributed by atoms with Crippen molar-refractivity contribution in [2.75, 3.05) is 12.4 Å². The third kappa shape index (κ3) is 4.53. The van der Waals surface area contributed by atoms with Crippen LogP contribution >= 0.6 is 0 Å². The molecule has 0 aromatic carbocycles. The fraction of sp³-hybridized carbons (Fsp3) is 0.500. The molecular formula is C12H17N3O4. The van der Waals surface area contributed by atoms with E-state index in [0.29, 0.717) is 17.1 Å². The first-order chi connectivity index (χ1) is 8.93. The number of carboxylic acid groups (broad SMARTS) is 1. The summed E-state index contributed by atoms with van der Waals surface area (Å²) in [7, 11) is 1.53. The number of aliphatic carboxylic acids is 1. The van der Waals surface area contributed by atoms with Gasteiger partial charge < -0.3 is 9.84 Å². The number of hydrogen-bond acceptors (Lipinski definition) is 5. The van der Waals surface area contributed by atoms with Crippen LogP contribution in [0.4, 0.5) is 5.95 Å². The zero-order chi connectivity index (χ0) is 14.4. The van der Waals surface area contributed by atoms with Crippen LogP contribution in [-0.4, -0.2) is 34.1 Å². The minimum atomic E-state index is -0.916. The fourth-order valence-electron chi connectivity index (χ4n) is 1.64. The van der Waals surface area contributed by atoms with Gasteiger partial charge in [-0.3, -0.25) is 14.9 Å². The molecule has 0 saturated carbocycles. The van der Waals surface area contributed by atoms with Gasteiger partial charge in [-0.15, -0.1) is 0 Å². The lowest BCUT2D eigenvalue weighted by atomic mass is 10.2. The van der Waals surface area contributed by atoms with Crippen LogP contribution in [0.5, 0.6) is 5.75 Å². The van der Waals surface area contributed by atoms with Crippen LogP contribution in [-0.2, 0) is 9.59 Å². The molecule has 1 aromatic heterocycles. The standard InChI is InChI=1S/C12H17N3O4/c1-7-11(19-3)8(2)14-12(13-7)15-9(16)5-4-6-10(17)18/h4-6H2,1-3H3,(H,17,18)(H,13,14,15,16). The number of carbonyl (C=O) groups excluding carboxylic acids is 1. The van der Waals surface area contributed by atoms with Crippen molar-refractivity contribution in [3.8, 4) is 5.75 Å². The highest BCUT2D eigenvalue weighted by Gasteiger charge is 2.11. The summed E-state index contributed by atoms with van der Waals surface area (Å²) in [6, 6.07) is 0. The second kappa shape index (κ2) is 6.67. The van der Waals surface area contributed by atoms with Gasteiger partial charge in [-0.05, 0) is 20.3 Å². The normalized spacial score (nSPS) is 10.1. The molecule has 104 valence electrons. The quantitative estimate of drug-likeness (QED) is 0.805. The van der Waals surface area contributed by atoms with Gasteiger partial charge in [-0.1, -0.05) is 0 Å². The second-order valence-corrected chi connectivity index (χ2v) is 4.05. The third-order valence-corrected chi connectivity index (χ3v) is 2.45. The molecule has 2 N–H and O–H groups in total. The average Bonchev–Trinajstić information content (AvgIpc) is 2.27. The Morgan fingerprint density at radius 3 is 2.26 bits per heavy atom. The van der Waals surface area contributed by atoms with Crippen LogP contribution in [0.15, 0.2) is 0 Å². The molecule has 0 atom stereocenters. The zero-order valence-electron chi connectivity index (χ0n) is 11.2. The average molecular weight is 267 g/mol. The summed E-state index contributed by atoms with van der Waals surface area (Å²) < 4.78 is 5.12. The van der Waals surface area contributed by atoms with Crippen molar-refractivity contribution in [1.82, 2.24) is 9.97 Å². The topological polar surface area (TPSA) is 101 Å². The van der Waals surface area contributed by atoms with E-state index in [1.165, 1.54) is 7.11 Å². The predicted octanol–water partition coefficient (Wildman–Crippen LogP) is 1.30. The molecule has 0 aliphatic heterocycles. The highest BCUT2D eigenvalue weighted by Crippen LogP contribution is 2.20. The molecule has 0 fully saturated rings. The summed E-state index contributed by atoms with van der Waals surface area (Å²) in [5.41, 5.74) is 1.27. The number of ether oxygens (including phenoxy) is 1. The van der Waals surface area contributed by atoms with E-state index in [1.807, 2.05) is 0 Å². The van der Waals surface area contributed by atoms with Crippen LogP contribution in [0.2, 0.25) is 0 Å². The maximum absolute atomic E-state index is 11.6. The van der Waals surface area contributed by atoms with E-state index < -0.39 is 5.97 Å². The number of anilines is 1. The molecule has 7 nitrogen and oxygen atoms in total. The van der Waals surface area contributed by atoms with Gasteiger partial charge in [0.15, 0.2) is 5.75 Å². The molecule has 0 aliphatic carbocycles. The van der Waals surface area contributed by atoms with Crippen molar-refractivity contribution in [3.63, 3.8) is 0 Å². The monoisotopic (exact) mass is 267 g/mol. The molecule has 0 bridgehead atoms. The van der Waals surface area contributed by atoms with Gasteiger partial charge in [0.1, 0.15) is 0 Å². The van der Waals surface area contributed by atoms with Gasteiger partial charge in [-0.2, -0.15) is 0 Å². The highest BCUT2D eigenvalue weighted by molar-refractivity contribution is 5.89. The Hall–Kier alpha value is -2.18. The highest BCUT2D eigenvalue weighted by atomic mass is 16.5. The number of aromatic nitrogens is 2. The van der Waals surface area contributed by atoms with Crippen LogP contribution in [0, 0.1) is 13.8 Å². The maximum atomic E-state index is 11.6. The lowest BCUT2D eigenvalue weighted by molar-refractivity contribution is -0.137. The Bertz CT molecular complexity index is 465. The van der Waals surface area contributed by atoms with Crippen molar-refractivity contribution in [1.29, 1.82) is 0 Å². The third-order valence-electron chi connectivity index (χ3n) is 2.45. The number of carbonyl (C=O) groups is 2. The van der Waals surface area contributed by atoms with E-state index in [4.69, 9.17) is 9.84 Å². The Kier molecular flexibility index (Phi) is 5.23. The van der Waals surface area contributed by atoms with Crippen LogP contribution in [0.3, 0.4) is 0 Å². The van der Waals surface area contributed by atoms with E-state index in [1.54, 1.807) is 13.8 Å². The largest absolute Gasteiger partial charge is 0.493 e. The van der Waals surface area contributed by atoms with Crippen molar-refractivity contribution in [2.24, 2.45) is 0 Å². The number of carboxylic acids is 1.